The van der Waals surface area contributed by atoms with E-state index in [9.17, 15) is 14.4 Å². The quantitative estimate of drug-likeness (QED) is 0.794. The minimum atomic E-state index is -0.138. The van der Waals surface area contributed by atoms with E-state index in [1.807, 2.05) is 24.3 Å². The Labute approximate surface area is 153 Å². The SMILES string of the molecule is O=C(CC1CC2CCC(C1)N2)Nc1ccccc1CN1C(=O)CCC1=O. The van der Waals surface area contributed by atoms with Gasteiger partial charge >= 0.3 is 0 Å². The van der Waals surface area contributed by atoms with Gasteiger partial charge in [-0.05, 0) is 43.2 Å². The van der Waals surface area contributed by atoms with Gasteiger partial charge in [0.15, 0.2) is 0 Å². The second-order valence-corrected chi connectivity index (χ2v) is 7.76. The molecule has 0 aromatic heterocycles. The van der Waals surface area contributed by atoms with E-state index in [2.05, 4.69) is 10.6 Å². The lowest BCUT2D eigenvalue weighted by Crippen LogP contribution is -2.39. The van der Waals surface area contributed by atoms with E-state index in [0.717, 1.165) is 18.4 Å². The van der Waals surface area contributed by atoms with Gasteiger partial charge in [-0.15, -0.1) is 0 Å². The fourth-order valence-corrected chi connectivity index (χ4v) is 4.55. The van der Waals surface area contributed by atoms with E-state index in [1.54, 1.807) is 0 Å². The first kappa shape index (κ1) is 17.2. The number of amides is 3. The summed E-state index contributed by atoms with van der Waals surface area (Å²) in [4.78, 5) is 37.6. The maximum absolute atomic E-state index is 12.6. The van der Waals surface area contributed by atoms with Crippen LogP contribution in [0.25, 0.3) is 0 Å². The van der Waals surface area contributed by atoms with Crippen molar-refractivity contribution in [2.45, 2.75) is 63.6 Å². The van der Waals surface area contributed by atoms with Gasteiger partial charge in [-0.25, -0.2) is 0 Å². The third-order valence-corrected chi connectivity index (χ3v) is 5.82. The van der Waals surface area contributed by atoms with Gasteiger partial charge in [-0.3, -0.25) is 19.3 Å². The second-order valence-electron chi connectivity index (χ2n) is 7.76. The third kappa shape index (κ3) is 3.65. The van der Waals surface area contributed by atoms with Crippen molar-refractivity contribution in [3.63, 3.8) is 0 Å². The summed E-state index contributed by atoms with van der Waals surface area (Å²) in [6.07, 6.45) is 5.69. The predicted octanol–water partition coefficient (Wildman–Crippen LogP) is 2.19. The molecule has 3 fully saturated rings. The number of likely N-dealkylation sites (tertiary alicyclic amines) is 1. The summed E-state index contributed by atoms with van der Waals surface area (Å²) < 4.78 is 0. The first-order valence-corrected chi connectivity index (χ1v) is 9.55. The van der Waals surface area contributed by atoms with Crippen molar-refractivity contribution in [1.29, 1.82) is 0 Å². The number of nitrogens with zero attached hydrogens (tertiary/aromatic N) is 1. The summed E-state index contributed by atoms with van der Waals surface area (Å²) in [6, 6.07) is 8.57. The monoisotopic (exact) mass is 355 g/mol. The van der Waals surface area contributed by atoms with Crippen molar-refractivity contribution in [2.24, 2.45) is 5.92 Å². The molecule has 4 rings (SSSR count). The highest BCUT2D eigenvalue weighted by Gasteiger charge is 2.34. The molecular weight excluding hydrogens is 330 g/mol. The smallest absolute Gasteiger partial charge is 0.229 e. The molecule has 1 aromatic carbocycles. The number of carbonyl (C=O) groups excluding carboxylic acids is 3. The summed E-state index contributed by atoms with van der Waals surface area (Å²) in [5, 5.41) is 6.60. The van der Waals surface area contributed by atoms with Gasteiger partial charge in [0.05, 0.1) is 6.54 Å². The Morgan fingerprint density at radius 2 is 1.73 bits per heavy atom. The molecule has 0 spiro atoms. The lowest BCUT2D eigenvalue weighted by Gasteiger charge is -2.28. The number of para-hydroxylation sites is 1. The van der Waals surface area contributed by atoms with Crippen molar-refractivity contribution < 1.29 is 14.4 Å². The van der Waals surface area contributed by atoms with Gasteiger partial charge in [0.2, 0.25) is 17.7 Å². The van der Waals surface area contributed by atoms with E-state index in [4.69, 9.17) is 0 Å². The molecule has 0 radical (unpaired) electrons. The van der Waals surface area contributed by atoms with Crippen LogP contribution in [0.15, 0.2) is 24.3 Å². The average Bonchev–Trinajstić information content (AvgIpc) is 3.12. The number of piperidine rings is 1. The van der Waals surface area contributed by atoms with Crippen molar-refractivity contribution >= 4 is 23.4 Å². The van der Waals surface area contributed by atoms with Gasteiger partial charge in [0, 0.05) is 37.0 Å². The Morgan fingerprint density at radius 3 is 2.42 bits per heavy atom. The van der Waals surface area contributed by atoms with Crippen molar-refractivity contribution in [3.05, 3.63) is 29.8 Å². The normalized spacial score (nSPS) is 27.8. The number of carbonyl (C=O) groups is 3. The zero-order chi connectivity index (χ0) is 18.1. The largest absolute Gasteiger partial charge is 0.326 e. The summed E-state index contributed by atoms with van der Waals surface area (Å²) in [5.41, 5.74) is 1.50. The topological polar surface area (TPSA) is 78.5 Å². The molecule has 6 nitrogen and oxygen atoms in total. The molecule has 2 bridgehead atoms. The van der Waals surface area contributed by atoms with E-state index in [0.29, 0.717) is 30.1 Å². The fraction of sp³-hybridized carbons (Fsp3) is 0.550. The lowest BCUT2D eigenvalue weighted by atomic mass is 9.89. The van der Waals surface area contributed by atoms with Crippen molar-refractivity contribution in [2.75, 3.05) is 5.32 Å². The van der Waals surface area contributed by atoms with Gasteiger partial charge in [-0.2, -0.15) is 0 Å². The number of hydrogen-bond donors (Lipinski definition) is 2. The fourth-order valence-electron chi connectivity index (χ4n) is 4.55. The maximum Gasteiger partial charge on any atom is 0.229 e. The Bertz CT molecular complexity index is 705. The minimum Gasteiger partial charge on any atom is -0.326 e. The van der Waals surface area contributed by atoms with E-state index in [-0.39, 0.29) is 37.1 Å². The van der Waals surface area contributed by atoms with Crippen LogP contribution in [0.5, 0.6) is 0 Å². The number of fused-ring (bicyclic) bond motifs is 2. The van der Waals surface area contributed by atoms with Gasteiger partial charge in [0.1, 0.15) is 0 Å². The summed E-state index contributed by atoms with van der Waals surface area (Å²) in [7, 11) is 0. The number of nitrogens with one attached hydrogen (secondary N) is 2. The van der Waals surface area contributed by atoms with Gasteiger partial charge in [0.25, 0.3) is 0 Å². The van der Waals surface area contributed by atoms with Crippen LogP contribution in [0.2, 0.25) is 0 Å². The third-order valence-electron chi connectivity index (χ3n) is 5.82. The molecule has 1 aromatic rings. The molecular formula is C20H25N3O3. The molecule has 0 aliphatic carbocycles. The van der Waals surface area contributed by atoms with E-state index >= 15 is 0 Å². The second kappa shape index (κ2) is 7.19. The highest BCUT2D eigenvalue weighted by atomic mass is 16.2. The highest BCUT2D eigenvalue weighted by Crippen LogP contribution is 2.33. The van der Waals surface area contributed by atoms with E-state index in [1.165, 1.54) is 17.7 Å². The Hall–Kier alpha value is -2.21. The summed E-state index contributed by atoms with van der Waals surface area (Å²) in [5.74, 6) is 0.174. The number of imide groups is 1. The molecule has 138 valence electrons. The Balaban J connectivity index is 1.39. The summed E-state index contributed by atoms with van der Waals surface area (Å²) >= 11 is 0. The number of hydrogen-bond acceptors (Lipinski definition) is 4. The Morgan fingerprint density at radius 1 is 1.08 bits per heavy atom. The number of anilines is 1. The predicted molar refractivity (Wildman–Crippen MR) is 97.1 cm³/mol. The van der Waals surface area contributed by atoms with Crippen molar-refractivity contribution in [3.8, 4) is 0 Å². The van der Waals surface area contributed by atoms with Crippen LogP contribution in [-0.2, 0) is 20.9 Å². The molecule has 26 heavy (non-hydrogen) atoms. The molecule has 3 saturated heterocycles. The van der Waals surface area contributed by atoms with Crippen LogP contribution in [0.3, 0.4) is 0 Å². The van der Waals surface area contributed by atoms with Crippen LogP contribution in [0.4, 0.5) is 5.69 Å². The van der Waals surface area contributed by atoms with Crippen LogP contribution < -0.4 is 10.6 Å². The summed E-state index contributed by atoms with van der Waals surface area (Å²) in [6.45, 7) is 0.228. The van der Waals surface area contributed by atoms with Crippen LogP contribution >= 0.6 is 0 Å². The molecule has 2 atom stereocenters. The maximum atomic E-state index is 12.6. The lowest BCUT2D eigenvalue weighted by molar-refractivity contribution is -0.139. The molecule has 2 N–H and O–H groups in total. The molecule has 2 unspecified atom stereocenters. The molecule has 3 aliphatic rings. The standard InChI is InChI=1S/C20H25N3O3/c24-18(11-13-9-15-5-6-16(10-13)21-15)22-17-4-2-1-3-14(17)12-23-19(25)7-8-20(23)26/h1-4,13,15-16,21H,5-12H2,(H,22,24). The molecule has 0 saturated carbocycles. The zero-order valence-electron chi connectivity index (χ0n) is 14.9. The highest BCUT2D eigenvalue weighted by molar-refractivity contribution is 6.02. The first-order valence-electron chi connectivity index (χ1n) is 9.55. The van der Waals surface area contributed by atoms with Crippen LogP contribution in [0, 0.1) is 5.92 Å². The average molecular weight is 355 g/mol. The molecule has 6 heteroatoms. The molecule has 3 heterocycles. The van der Waals surface area contributed by atoms with Gasteiger partial charge in [-0.1, -0.05) is 18.2 Å². The van der Waals surface area contributed by atoms with Crippen LogP contribution in [-0.4, -0.2) is 34.7 Å². The Kier molecular flexibility index (Phi) is 4.76. The number of rotatable bonds is 5. The van der Waals surface area contributed by atoms with Gasteiger partial charge < -0.3 is 10.6 Å². The molecule has 3 aliphatic heterocycles. The number of benzene rings is 1. The minimum absolute atomic E-state index is 0.0165. The molecule has 3 amide bonds. The first-order chi connectivity index (χ1) is 12.6. The van der Waals surface area contributed by atoms with E-state index < -0.39 is 0 Å². The zero-order valence-corrected chi connectivity index (χ0v) is 14.9. The van der Waals surface area contributed by atoms with Crippen LogP contribution in [0.1, 0.15) is 50.5 Å². The van der Waals surface area contributed by atoms with Crippen molar-refractivity contribution in [1.82, 2.24) is 10.2 Å².